The summed E-state index contributed by atoms with van der Waals surface area (Å²) in [5, 5.41) is 0. The quantitative estimate of drug-likeness (QED) is 0.538. The van der Waals surface area contributed by atoms with E-state index in [2.05, 4.69) is 0 Å². The van der Waals surface area contributed by atoms with Gasteiger partial charge in [0.1, 0.15) is 17.3 Å². The largest absolute Gasteiger partial charge is 0.457 e. The molecule has 0 spiro atoms. The molecule has 0 radical (unpaired) electrons. The number of likely N-dealkylation sites (tertiary alicyclic amines) is 1. The number of carbonyl (C=O) groups is 1. The minimum Gasteiger partial charge on any atom is -0.457 e. The summed E-state index contributed by atoms with van der Waals surface area (Å²) in [6, 6.07) is 22.3. The summed E-state index contributed by atoms with van der Waals surface area (Å²) in [7, 11) is 0. The van der Waals surface area contributed by atoms with Crippen LogP contribution >= 0.6 is 0 Å². The molecule has 0 aromatic heterocycles. The number of nitrogens with zero attached hydrogens (tertiary/aromatic N) is 1. The van der Waals surface area contributed by atoms with E-state index < -0.39 is 0 Å². The van der Waals surface area contributed by atoms with Gasteiger partial charge in [0, 0.05) is 30.1 Å². The van der Waals surface area contributed by atoms with Gasteiger partial charge in [-0.05, 0) is 42.7 Å². The van der Waals surface area contributed by atoms with Crippen LogP contribution in [0, 0.1) is 5.82 Å². The number of ether oxygens (including phenoxy) is 1. The highest BCUT2D eigenvalue weighted by Crippen LogP contribution is 2.45. The molecule has 5 rings (SSSR count). The Morgan fingerprint density at radius 3 is 2.17 bits per heavy atom. The summed E-state index contributed by atoms with van der Waals surface area (Å²) < 4.78 is 19.5. The van der Waals surface area contributed by atoms with E-state index >= 15 is 0 Å². The van der Waals surface area contributed by atoms with E-state index in [0.29, 0.717) is 6.54 Å². The van der Waals surface area contributed by atoms with Crippen molar-refractivity contribution in [1.29, 1.82) is 0 Å². The van der Waals surface area contributed by atoms with Crippen molar-refractivity contribution < 1.29 is 13.9 Å². The molecule has 0 bridgehead atoms. The molecule has 0 aliphatic carbocycles. The third-order valence-electron chi connectivity index (χ3n) is 6.25. The number of rotatable bonds is 2. The van der Waals surface area contributed by atoms with Gasteiger partial charge in [-0.3, -0.25) is 4.79 Å². The molecule has 1 unspecified atom stereocenters. The van der Waals surface area contributed by atoms with Crippen molar-refractivity contribution in [2.24, 2.45) is 0 Å². The summed E-state index contributed by atoms with van der Waals surface area (Å²) in [6.07, 6.45) is 3.05. The number of fused-ring (bicyclic) bond motifs is 2. The smallest absolute Gasteiger partial charge is 0.234 e. The maximum atomic E-state index is 13.9. The number of para-hydroxylation sites is 2. The van der Waals surface area contributed by atoms with Crippen molar-refractivity contribution in [1.82, 2.24) is 4.90 Å². The van der Waals surface area contributed by atoms with Crippen LogP contribution in [-0.2, 0) is 4.79 Å². The molecule has 3 aromatic rings. The SMILES string of the molecule is O=C(C1c2ccccc2Oc2ccccc21)N1CCCCC(c2ccc(F)cc2)C1. The molecule has 0 N–H and O–H groups in total. The molecule has 4 heteroatoms. The molecular weight excluding hydrogens is 377 g/mol. The van der Waals surface area contributed by atoms with E-state index in [1.165, 1.54) is 12.1 Å². The van der Waals surface area contributed by atoms with Crippen molar-refractivity contribution in [3.05, 3.63) is 95.3 Å². The highest BCUT2D eigenvalue weighted by molar-refractivity contribution is 5.89. The summed E-state index contributed by atoms with van der Waals surface area (Å²) in [4.78, 5) is 15.9. The van der Waals surface area contributed by atoms with Crippen LogP contribution in [0.5, 0.6) is 11.5 Å². The third-order valence-corrected chi connectivity index (χ3v) is 6.25. The predicted octanol–water partition coefficient (Wildman–Crippen LogP) is 5.86. The molecule has 1 saturated heterocycles. The maximum absolute atomic E-state index is 13.9. The van der Waals surface area contributed by atoms with E-state index in [1.54, 1.807) is 0 Å². The second-order valence-corrected chi connectivity index (χ2v) is 8.14. The minimum absolute atomic E-state index is 0.118. The van der Waals surface area contributed by atoms with Crippen molar-refractivity contribution in [2.45, 2.75) is 31.1 Å². The molecule has 1 amide bonds. The Kier molecular flexibility index (Phi) is 4.99. The van der Waals surface area contributed by atoms with E-state index in [1.807, 2.05) is 65.6 Å². The molecule has 1 fully saturated rings. The molecule has 2 aliphatic rings. The van der Waals surface area contributed by atoms with Gasteiger partial charge in [-0.2, -0.15) is 0 Å². The zero-order valence-corrected chi connectivity index (χ0v) is 16.8. The van der Waals surface area contributed by atoms with Gasteiger partial charge in [0.15, 0.2) is 0 Å². The lowest BCUT2D eigenvalue weighted by Crippen LogP contribution is -2.38. The highest BCUT2D eigenvalue weighted by atomic mass is 19.1. The molecule has 2 heterocycles. The van der Waals surface area contributed by atoms with E-state index in [-0.39, 0.29) is 23.6 Å². The van der Waals surface area contributed by atoms with Gasteiger partial charge >= 0.3 is 0 Å². The highest BCUT2D eigenvalue weighted by Gasteiger charge is 2.36. The fraction of sp³-hybridized carbons (Fsp3) is 0.269. The van der Waals surface area contributed by atoms with Crippen LogP contribution < -0.4 is 4.74 Å². The molecule has 3 nitrogen and oxygen atoms in total. The molecule has 3 aromatic carbocycles. The Labute approximate surface area is 176 Å². The maximum Gasteiger partial charge on any atom is 0.234 e. The monoisotopic (exact) mass is 401 g/mol. The number of halogens is 1. The Hall–Kier alpha value is -3.14. The van der Waals surface area contributed by atoms with Gasteiger partial charge in [-0.25, -0.2) is 4.39 Å². The van der Waals surface area contributed by atoms with Crippen molar-refractivity contribution in [3.63, 3.8) is 0 Å². The first-order valence-electron chi connectivity index (χ1n) is 10.6. The van der Waals surface area contributed by atoms with Gasteiger partial charge in [-0.15, -0.1) is 0 Å². The van der Waals surface area contributed by atoms with Crippen molar-refractivity contribution >= 4 is 5.91 Å². The lowest BCUT2D eigenvalue weighted by Gasteiger charge is -2.33. The number of hydrogen-bond acceptors (Lipinski definition) is 2. The Morgan fingerprint density at radius 1 is 0.867 bits per heavy atom. The number of amides is 1. The van der Waals surface area contributed by atoms with Gasteiger partial charge in [0.2, 0.25) is 5.91 Å². The second-order valence-electron chi connectivity index (χ2n) is 8.14. The second kappa shape index (κ2) is 7.94. The normalized spacial score (nSPS) is 18.7. The first-order chi connectivity index (χ1) is 14.7. The average molecular weight is 401 g/mol. The van der Waals surface area contributed by atoms with Crippen molar-refractivity contribution in [3.8, 4) is 11.5 Å². The van der Waals surface area contributed by atoms with E-state index in [9.17, 15) is 9.18 Å². The van der Waals surface area contributed by atoms with Crippen LogP contribution in [0.15, 0.2) is 72.8 Å². The molecule has 2 aliphatic heterocycles. The molecule has 1 atom stereocenters. The topological polar surface area (TPSA) is 29.5 Å². The zero-order valence-electron chi connectivity index (χ0n) is 16.8. The third kappa shape index (κ3) is 3.47. The van der Waals surface area contributed by atoms with E-state index in [4.69, 9.17) is 4.74 Å². The average Bonchev–Trinajstić information content (AvgIpc) is 3.04. The standard InChI is InChI=1S/C26H24FNO2/c27-20-14-12-18(13-15-20)19-7-5-6-16-28(17-19)26(29)25-21-8-1-3-10-23(21)30-24-11-4-2-9-22(24)25/h1-4,8-15,19,25H,5-7,16-17H2. The first-order valence-corrected chi connectivity index (χ1v) is 10.6. The number of benzene rings is 3. The summed E-state index contributed by atoms with van der Waals surface area (Å²) >= 11 is 0. The summed E-state index contributed by atoms with van der Waals surface area (Å²) in [6.45, 7) is 1.41. The summed E-state index contributed by atoms with van der Waals surface area (Å²) in [5.41, 5.74) is 2.94. The zero-order chi connectivity index (χ0) is 20.5. The minimum atomic E-state index is -0.363. The van der Waals surface area contributed by atoms with Gasteiger partial charge in [-0.1, -0.05) is 55.0 Å². The molecule has 152 valence electrons. The van der Waals surface area contributed by atoms with Gasteiger partial charge < -0.3 is 9.64 Å². The van der Waals surface area contributed by atoms with Crippen LogP contribution in [0.3, 0.4) is 0 Å². The molecular formula is C26H24FNO2. The molecule has 30 heavy (non-hydrogen) atoms. The Bertz CT molecular complexity index is 1020. The first kappa shape index (κ1) is 18.9. The fourth-order valence-electron chi connectivity index (χ4n) is 4.71. The number of carbonyl (C=O) groups excluding carboxylic acids is 1. The van der Waals surface area contributed by atoms with Crippen LogP contribution in [0.1, 0.15) is 47.8 Å². The van der Waals surface area contributed by atoms with E-state index in [0.717, 1.165) is 54.0 Å². The van der Waals surface area contributed by atoms with Crippen molar-refractivity contribution in [2.75, 3.05) is 13.1 Å². The summed E-state index contributed by atoms with van der Waals surface area (Å²) in [5.74, 6) is 1.25. The van der Waals surface area contributed by atoms with Crippen LogP contribution in [0.4, 0.5) is 4.39 Å². The fourth-order valence-corrected chi connectivity index (χ4v) is 4.71. The van der Waals surface area contributed by atoms with Crippen LogP contribution in [-0.4, -0.2) is 23.9 Å². The predicted molar refractivity (Wildman–Crippen MR) is 114 cm³/mol. The Balaban J connectivity index is 1.48. The van der Waals surface area contributed by atoms with Gasteiger partial charge in [0.05, 0.1) is 5.92 Å². The van der Waals surface area contributed by atoms with Crippen LogP contribution in [0.2, 0.25) is 0 Å². The molecule has 0 saturated carbocycles. The van der Waals surface area contributed by atoms with Crippen LogP contribution in [0.25, 0.3) is 0 Å². The lowest BCUT2D eigenvalue weighted by molar-refractivity contribution is -0.132. The van der Waals surface area contributed by atoms with Gasteiger partial charge in [0.25, 0.3) is 0 Å². The number of hydrogen-bond donors (Lipinski definition) is 0. The Morgan fingerprint density at radius 2 is 1.50 bits per heavy atom. The lowest BCUT2D eigenvalue weighted by atomic mass is 9.86.